The van der Waals surface area contributed by atoms with Gasteiger partial charge < -0.3 is 15.8 Å². The average Bonchev–Trinajstić information content (AvgIpc) is 2.55. The third-order valence-corrected chi connectivity index (χ3v) is 5.23. The molecule has 2 atom stereocenters. The van der Waals surface area contributed by atoms with Gasteiger partial charge in [-0.05, 0) is 63.1 Å². The first-order chi connectivity index (χ1) is 11.1. The van der Waals surface area contributed by atoms with Gasteiger partial charge in [-0.15, -0.1) is 0 Å². The van der Waals surface area contributed by atoms with Crippen LogP contribution in [0.1, 0.15) is 50.0 Å². The number of halogens is 2. The van der Waals surface area contributed by atoms with Crippen LogP contribution < -0.4 is 11.1 Å². The molecular formula is C18H26F2N2O. The Morgan fingerprint density at radius 2 is 1.78 bits per heavy atom. The zero-order valence-electron chi connectivity index (χ0n) is 13.4. The Morgan fingerprint density at radius 3 is 2.43 bits per heavy atom. The molecule has 0 aromatic heterocycles. The molecule has 128 valence electrons. The fourth-order valence-electron chi connectivity index (χ4n) is 3.82. The van der Waals surface area contributed by atoms with E-state index in [1.165, 1.54) is 18.2 Å². The molecule has 0 amide bonds. The van der Waals surface area contributed by atoms with E-state index >= 15 is 0 Å². The van der Waals surface area contributed by atoms with Crippen molar-refractivity contribution in [3.63, 3.8) is 0 Å². The Hall–Kier alpha value is -1.04. The molecule has 1 aromatic carbocycles. The summed E-state index contributed by atoms with van der Waals surface area (Å²) >= 11 is 0. The quantitative estimate of drug-likeness (QED) is 0.895. The van der Waals surface area contributed by atoms with Gasteiger partial charge in [-0.2, -0.15) is 0 Å². The second-order valence-electron chi connectivity index (χ2n) is 6.81. The van der Waals surface area contributed by atoms with Crippen LogP contribution in [0, 0.1) is 11.6 Å². The highest BCUT2D eigenvalue weighted by Crippen LogP contribution is 2.36. The number of hydrogen-bond donors (Lipinski definition) is 2. The molecule has 0 spiro atoms. The SMILES string of the molecule is NC1CCCN[C@H]1COC1CCC(c2c(F)cccc2F)CC1. The molecule has 3 rings (SSSR count). The maximum Gasteiger partial charge on any atom is 0.129 e. The van der Waals surface area contributed by atoms with Crippen LogP contribution in [0.4, 0.5) is 8.78 Å². The van der Waals surface area contributed by atoms with Crippen molar-refractivity contribution < 1.29 is 13.5 Å². The Morgan fingerprint density at radius 1 is 1.09 bits per heavy atom. The van der Waals surface area contributed by atoms with Gasteiger partial charge in [-0.25, -0.2) is 8.78 Å². The van der Waals surface area contributed by atoms with Crippen LogP contribution >= 0.6 is 0 Å². The summed E-state index contributed by atoms with van der Waals surface area (Å²) < 4.78 is 33.8. The lowest BCUT2D eigenvalue weighted by molar-refractivity contribution is 0.00584. The molecule has 5 heteroatoms. The van der Waals surface area contributed by atoms with Gasteiger partial charge in [-0.3, -0.25) is 0 Å². The molecule has 1 saturated carbocycles. The van der Waals surface area contributed by atoms with Crippen molar-refractivity contribution in [2.75, 3.05) is 13.2 Å². The lowest BCUT2D eigenvalue weighted by Crippen LogP contribution is -2.52. The third-order valence-electron chi connectivity index (χ3n) is 5.23. The van der Waals surface area contributed by atoms with Crippen LogP contribution in [0.15, 0.2) is 18.2 Å². The fraction of sp³-hybridized carbons (Fsp3) is 0.667. The first-order valence-electron chi connectivity index (χ1n) is 8.69. The molecular weight excluding hydrogens is 298 g/mol. The number of ether oxygens (including phenoxy) is 1. The van der Waals surface area contributed by atoms with Crippen LogP contribution in [0.2, 0.25) is 0 Å². The second kappa shape index (κ2) is 7.69. The van der Waals surface area contributed by atoms with Gasteiger partial charge in [0.25, 0.3) is 0 Å². The van der Waals surface area contributed by atoms with Gasteiger partial charge in [0.15, 0.2) is 0 Å². The van der Waals surface area contributed by atoms with Crippen molar-refractivity contribution in [1.82, 2.24) is 5.32 Å². The zero-order chi connectivity index (χ0) is 16.2. The standard InChI is InChI=1S/C18H26F2N2O/c19-14-3-1-4-15(20)18(14)12-6-8-13(9-7-12)23-11-17-16(21)5-2-10-22-17/h1,3-4,12-13,16-17,22H,2,5-11,21H2/t12?,13?,16?,17-/m0/s1. The monoisotopic (exact) mass is 324 g/mol. The Balaban J connectivity index is 1.49. The van der Waals surface area contributed by atoms with Crippen molar-refractivity contribution in [3.8, 4) is 0 Å². The summed E-state index contributed by atoms with van der Waals surface area (Å²) in [5.41, 5.74) is 6.35. The molecule has 23 heavy (non-hydrogen) atoms. The van der Waals surface area contributed by atoms with E-state index in [4.69, 9.17) is 10.5 Å². The van der Waals surface area contributed by atoms with Crippen LogP contribution in [0.3, 0.4) is 0 Å². The molecule has 1 aliphatic heterocycles. The van der Waals surface area contributed by atoms with E-state index < -0.39 is 11.6 Å². The summed E-state index contributed by atoms with van der Waals surface area (Å²) in [5.74, 6) is -0.885. The van der Waals surface area contributed by atoms with Gasteiger partial charge >= 0.3 is 0 Å². The first-order valence-corrected chi connectivity index (χ1v) is 8.69. The van der Waals surface area contributed by atoms with Gasteiger partial charge in [0.2, 0.25) is 0 Å². The van der Waals surface area contributed by atoms with E-state index in [1.807, 2.05) is 0 Å². The first kappa shape index (κ1) is 16.8. The minimum Gasteiger partial charge on any atom is -0.377 e. The predicted molar refractivity (Wildman–Crippen MR) is 86.3 cm³/mol. The molecule has 2 aliphatic rings. The second-order valence-corrected chi connectivity index (χ2v) is 6.81. The minimum absolute atomic E-state index is 0.0360. The summed E-state index contributed by atoms with van der Waals surface area (Å²) in [6.45, 7) is 1.63. The average molecular weight is 324 g/mol. The van der Waals surface area contributed by atoms with Crippen LogP contribution in [-0.4, -0.2) is 31.3 Å². The lowest BCUT2D eigenvalue weighted by atomic mass is 9.82. The van der Waals surface area contributed by atoms with Crippen LogP contribution in [-0.2, 0) is 4.74 Å². The van der Waals surface area contributed by atoms with Crippen LogP contribution in [0.5, 0.6) is 0 Å². The molecule has 1 saturated heterocycles. The van der Waals surface area contributed by atoms with Gasteiger partial charge in [0.05, 0.1) is 12.7 Å². The Bertz CT molecular complexity index is 497. The molecule has 2 fully saturated rings. The van der Waals surface area contributed by atoms with Gasteiger partial charge in [0.1, 0.15) is 11.6 Å². The van der Waals surface area contributed by atoms with Gasteiger partial charge in [0, 0.05) is 17.6 Å². The number of piperidine rings is 1. The highest BCUT2D eigenvalue weighted by molar-refractivity contribution is 5.24. The lowest BCUT2D eigenvalue weighted by Gasteiger charge is -2.33. The highest BCUT2D eigenvalue weighted by Gasteiger charge is 2.28. The maximum absolute atomic E-state index is 13.9. The molecule has 1 aliphatic carbocycles. The smallest absolute Gasteiger partial charge is 0.129 e. The summed E-state index contributed by atoms with van der Waals surface area (Å²) in [6.07, 6.45) is 5.58. The van der Waals surface area contributed by atoms with E-state index in [-0.39, 0.29) is 29.7 Å². The summed E-state index contributed by atoms with van der Waals surface area (Å²) in [6, 6.07) is 4.50. The number of benzene rings is 1. The number of hydrogen-bond acceptors (Lipinski definition) is 3. The largest absolute Gasteiger partial charge is 0.377 e. The molecule has 1 aromatic rings. The van der Waals surface area contributed by atoms with E-state index in [0.29, 0.717) is 6.61 Å². The summed E-state index contributed by atoms with van der Waals surface area (Å²) in [5, 5.41) is 3.41. The van der Waals surface area contributed by atoms with E-state index in [0.717, 1.165) is 45.1 Å². The number of nitrogens with two attached hydrogens (primary N) is 1. The number of nitrogens with one attached hydrogen (secondary N) is 1. The Kier molecular flexibility index (Phi) is 5.62. The topological polar surface area (TPSA) is 47.3 Å². The van der Waals surface area contributed by atoms with E-state index in [1.54, 1.807) is 0 Å². The van der Waals surface area contributed by atoms with Crippen molar-refractivity contribution >= 4 is 0 Å². The Labute approximate surface area is 136 Å². The molecule has 1 unspecified atom stereocenters. The van der Waals surface area contributed by atoms with Crippen molar-refractivity contribution in [1.29, 1.82) is 0 Å². The summed E-state index contributed by atoms with van der Waals surface area (Å²) in [4.78, 5) is 0. The normalized spacial score (nSPS) is 32.0. The predicted octanol–water partition coefficient (Wildman–Crippen LogP) is 3.09. The summed E-state index contributed by atoms with van der Waals surface area (Å²) in [7, 11) is 0. The molecule has 3 nitrogen and oxygen atoms in total. The maximum atomic E-state index is 13.9. The molecule has 3 N–H and O–H groups in total. The zero-order valence-corrected chi connectivity index (χ0v) is 13.4. The molecule has 0 bridgehead atoms. The van der Waals surface area contributed by atoms with Crippen molar-refractivity contribution in [3.05, 3.63) is 35.4 Å². The van der Waals surface area contributed by atoms with E-state index in [2.05, 4.69) is 5.32 Å². The highest BCUT2D eigenvalue weighted by atomic mass is 19.1. The van der Waals surface area contributed by atoms with Gasteiger partial charge in [-0.1, -0.05) is 6.07 Å². The minimum atomic E-state index is -0.424. The van der Waals surface area contributed by atoms with Crippen molar-refractivity contribution in [2.24, 2.45) is 5.73 Å². The van der Waals surface area contributed by atoms with Crippen molar-refractivity contribution in [2.45, 2.75) is 62.6 Å². The fourth-order valence-corrected chi connectivity index (χ4v) is 3.82. The van der Waals surface area contributed by atoms with Crippen LogP contribution in [0.25, 0.3) is 0 Å². The number of rotatable bonds is 4. The molecule has 0 radical (unpaired) electrons. The van der Waals surface area contributed by atoms with E-state index in [9.17, 15) is 8.78 Å². The molecule has 1 heterocycles. The third kappa shape index (κ3) is 4.08.